The van der Waals surface area contributed by atoms with Gasteiger partial charge in [-0.15, -0.1) is 0 Å². The third-order valence-electron chi connectivity index (χ3n) is 3.54. The molecule has 0 fully saturated rings. The summed E-state index contributed by atoms with van der Waals surface area (Å²) in [5, 5.41) is 3.25. The second-order valence-corrected chi connectivity index (χ2v) is 5.94. The monoisotopic (exact) mass is 381 g/mol. The van der Waals surface area contributed by atoms with Crippen LogP contribution in [-0.2, 0) is 4.74 Å². The molecule has 0 saturated heterocycles. The fourth-order valence-electron chi connectivity index (χ4n) is 2.27. The Balaban J connectivity index is 2.30. The molecule has 1 amide bonds. The predicted molar refractivity (Wildman–Crippen MR) is 98.1 cm³/mol. The van der Waals surface area contributed by atoms with Gasteiger partial charge in [-0.05, 0) is 43.7 Å². The van der Waals surface area contributed by atoms with Gasteiger partial charge < -0.3 is 14.8 Å². The number of benzene rings is 2. The number of hydrogen-bond donors (Lipinski definition) is 1. The van der Waals surface area contributed by atoms with Crippen LogP contribution in [0.3, 0.4) is 0 Å². The Morgan fingerprint density at radius 1 is 1.16 bits per heavy atom. The van der Waals surface area contributed by atoms with Crippen LogP contribution in [0, 0.1) is 6.92 Å². The largest absolute Gasteiger partial charge is 0.491 e. The minimum absolute atomic E-state index is 0.250. The highest BCUT2D eigenvalue weighted by molar-refractivity contribution is 6.37. The first-order valence-corrected chi connectivity index (χ1v) is 8.25. The smallest absolute Gasteiger partial charge is 0.338 e. The third kappa shape index (κ3) is 4.24. The summed E-state index contributed by atoms with van der Waals surface area (Å²) in [7, 11) is 1.30. The summed E-state index contributed by atoms with van der Waals surface area (Å²) in [5.41, 5.74) is 1.75. The van der Waals surface area contributed by atoms with Crippen molar-refractivity contribution in [3.8, 4) is 5.75 Å². The Morgan fingerprint density at radius 3 is 2.36 bits per heavy atom. The van der Waals surface area contributed by atoms with E-state index in [9.17, 15) is 9.59 Å². The highest BCUT2D eigenvalue weighted by Crippen LogP contribution is 2.34. The first kappa shape index (κ1) is 19.1. The molecule has 1 N–H and O–H groups in total. The van der Waals surface area contributed by atoms with Crippen molar-refractivity contribution in [2.75, 3.05) is 19.0 Å². The maximum absolute atomic E-state index is 12.5. The van der Waals surface area contributed by atoms with Crippen LogP contribution in [0.5, 0.6) is 5.75 Å². The molecule has 0 radical (unpaired) electrons. The van der Waals surface area contributed by atoms with Crippen LogP contribution in [0.25, 0.3) is 0 Å². The Hall–Kier alpha value is -2.24. The van der Waals surface area contributed by atoms with E-state index in [-0.39, 0.29) is 15.6 Å². The lowest BCUT2D eigenvalue weighted by Gasteiger charge is -2.13. The number of ether oxygens (including phenoxy) is 2. The van der Waals surface area contributed by atoms with E-state index in [1.54, 1.807) is 25.1 Å². The number of hydrogen-bond acceptors (Lipinski definition) is 4. The zero-order valence-corrected chi connectivity index (χ0v) is 15.5. The van der Waals surface area contributed by atoms with Gasteiger partial charge >= 0.3 is 5.97 Å². The van der Waals surface area contributed by atoms with Crippen molar-refractivity contribution in [1.29, 1.82) is 0 Å². The molecule has 2 aromatic carbocycles. The first-order chi connectivity index (χ1) is 11.9. The van der Waals surface area contributed by atoms with E-state index in [4.69, 9.17) is 32.7 Å². The van der Waals surface area contributed by atoms with Crippen LogP contribution in [0.4, 0.5) is 5.69 Å². The second-order valence-electron chi connectivity index (χ2n) is 5.13. The first-order valence-electron chi connectivity index (χ1n) is 7.50. The average molecular weight is 382 g/mol. The van der Waals surface area contributed by atoms with Crippen LogP contribution < -0.4 is 10.1 Å². The van der Waals surface area contributed by atoms with Gasteiger partial charge in [-0.1, -0.05) is 29.3 Å². The summed E-state index contributed by atoms with van der Waals surface area (Å²) in [6.07, 6.45) is 0. The van der Waals surface area contributed by atoms with Gasteiger partial charge in [0.15, 0.2) is 5.75 Å². The van der Waals surface area contributed by atoms with Crippen LogP contribution in [0.15, 0.2) is 30.3 Å². The maximum Gasteiger partial charge on any atom is 0.338 e. The molecule has 25 heavy (non-hydrogen) atoms. The van der Waals surface area contributed by atoms with Gasteiger partial charge in [-0.3, -0.25) is 4.79 Å². The second kappa shape index (κ2) is 8.23. The number of carbonyl (C=O) groups is 2. The van der Waals surface area contributed by atoms with Gasteiger partial charge in [0, 0.05) is 11.3 Å². The standard InChI is InChI=1S/C18H17Cl2NO4/c1-4-25-16-13(19)8-11(9-14(16)20)17(22)21-15-7-5-6-12(10(15)2)18(23)24-3/h5-9H,4H2,1-3H3,(H,21,22). The molecular weight excluding hydrogens is 365 g/mol. The molecule has 0 heterocycles. The van der Waals surface area contributed by atoms with E-state index in [1.807, 2.05) is 6.92 Å². The summed E-state index contributed by atoms with van der Waals surface area (Å²) in [5.74, 6) is -0.538. The van der Waals surface area contributed by atoms with Gasteiger partial charge in [0.25, 0.3) is 5.91 Å². The minimum Gasteiger partial charge on any atom is -0.491 e. The number of carbonyl (C=O) groups excluding carboxylic acids is 2. The normalized spacial score (nSPS) is 10.3. The molecule has 7 heteroatoms. The highest BCUT2D eigenvalue weighted by Gasteiger charge is 2.17. The van der Waals surface area contributed by atoms with Gasteiger partial charge in [-0.25, -0.2) is 4.79 Å². The fraction of sp³-hybridized carbons (Fsp3) is 0.222. The zero-order chi connectivity index (χ0) is 18.6. The van der Waals surface area contributed by atoms with Crippen molar-refractivity contribution in [3.63, 3.8) is 0 Å². The molecule has 2 aromatic rings. The Labute approximate surface area is 155 Å². The number of esters is 1. The summed E-state index contributed by atoms with van der Waals surface area (Å²) >= 11 is 12.3. The van der Waals surface area contributed by atoms with Crippen LogP contribution >= 0.6 is 23.2 Å². The highest BCUT2D eigenvalue weighted by atomic mass is 35.5. The number of rotatable bonds is 5. The van der Waals surface area contributed by atoms with Crippen LogP contribution in [0.2, 0.25) is 10.0 Å². The Bertz CT molecular complexity index is 798. The molecule has 0 aromatic heterocycles. The van der Waals surface area contributed by atoms with Crippen molar-refractivity contribution in [3.05, 3.63) is 57.1 Å². The van der Waals surface area contributed by atoms with E-state index in [2.05, 4.69) is 5.32 Å². The van der Waals surface area contributed by atoms with E-state index >= 15 is 0 Å². The topological polar surface area (TPSA) is 64.6 Å². The molecule has 0 aliphatic rings. The van der Waals surface area contributed by atoms with Crippen molar-refractivity contribution >= 4 is 40.8 Å². The third-order valence-corrected chi connectivity index (χ3v) is 4.10. The summed E-state index contributed by atoms with van der Waals surface area (Å²) in [4.78, 5) is 24.3. The lowest BCUT2D eigenvalue weighted by Crippen LogP contribution is -2.14. The van der Waals surface area contributed by atoms with E-state index < -0.39 is 11.9 Å². The summed E-state index contributed by atoms with van der Waals surface area (Å²) < 4.78 is 10.1. The van der Waals surface area contributed by atoms with Crippen LogP contribution in [0.1, 0.15) is 33.2 Å². The molecule has 2 rings (SSSR count). The molecule has 0 bridgehead atoms. The van der Waals surface area contributed by atoms with Crippen molar-refractivity contribution in [1.82, 2.24) is 0 Å². The lowest BCUT2D eigenvalue weighted by atomic mass is 10.1. The van der Waals surface area contributed by atoms with Crippen LogP contribution in [-0.4, -0.2) is 25.6 Å². The van der Waals surface area contributed by atoms with Gasteiger partial charge in [0.2, 0.25) is 0 Å². The quantitative estimate of drug-likeness (QED) is 0.759. The predicted octanol–water partition coefficient (Wildman–Crippen LogP) is 4.74. The molecule has 0 saturated carbocycles. The average Bonchev–Trinajstić information content (AvgIpc) is 2.59. The molecule has 0 aliphatic heterocycles. The van der Waals surface area contributed by atoms with Gasteiger partial charge in [0.1, 0.15) is 0 Å². The molecule has 0 unspecified atom stereocenters. The number of nitrogens with one attached hydrogen (secondary N) is 1. The van der Waals surface area contributed by atoms with Gasteiger partial charge in [0.05, 0.1) is 29.3 Å². The maximum atomic E-state index is 12.5. The van der Waals surface area contributed by atoms with Crippen molar-refractivity contribution < 1.29 is 19.1 Å². The summed E-state index contributed by atoms with van der Waals surface area (Å²) in [6, 6.07) is 7.94. The van der Waals surface area contributed by atoms with Gasteiger partial charge in [-0.2, -0.15) is 0 Å². The molecule has 5 nitrogen and oxygen atoms in total. The number of methoxy groups -OCH3 is 1. The van der Waals surface area contributed by atoms with E-state index in [0.717, 1.165) is 0 Å². The molecular formula is C18H17Cl2NO4. The number of amides is 1. The minimum atomic E-state index is -0.472. The van der Waals surface area contributed by atoms with E-state index in [1.165, 1.54) is 19.2 Å². The SMILES string of the molecule is CCOc1c(Cl)cc(C(=O)Nc2cccc(C(=O)OC)c2C)cc1Cl. The van der Waals surface area contributed by atoms with Crippen molar-refractivity contribution in [2.24, 2.45) is 0 Å². The molecule has 0 atom stereocenters. The lowest BCUT2D eigenvalue weighted by molar-refractivity contribution is 0.0599. The van der Waals surface area contributed by atoms with E-state index in [0.29, 0.717) is 29.2 Å². The molecule has 0 spiro atoms. The zero-order valence-electron chi connectivity index (χ0n) is 14.0. The number of anilines is 1. The fourth-order valence-corrected chi connectivity index (χ4v) is 2.87. The molecule has 0 aliphatic carbocycles. The summed E-state index contributed by atoms with van der Waals surface area (Å²) in [6.45, 7) is 3.94. The van der Waals surface area contributed by atoms with Crippen molar-refractivity contribution in [2.45, 2.75) is 13.8 Å². The molecule has 132 valence electrons. The Morgan fingerprint density at radius 2 is 1.80 bits per heavy atom. The Kier molecular flexibility index (Phi) is 6.28. The number of halogens is 2.